The van der Waals surface area contributed by atoms with Crippen LogP contribution in [0.4, 0.5) is 0 Å². The van der Waals surface area contributed by atoms with Crippen LogP contribution in [0, 0.1) is 0 Å². The summed E-state index contributed by atoms with van der Waals surface area (Å²) in [7, 11) is -2.19. The quantitative estimate of drug-likeness (QED) is 0.650. The summed E-state index contributed by atoms with van der Waals surface area (Å²) in [5.74, 6) is 0.465. The number of hydrogen-bond acceptors (Lipinski definition) is 5. The molecule has 7 nitrogen and oxygen atoms in total. The molecule has 0 aromatic heterocycles. The molecule has 30 heavy (non-hydrogen) atoms. The number of Topliss-reactive ketones (excluding diaryl/α,β-unsaturated/α-hetero) is 1. The standard InChI is InChI=1S/C22H26N2O5S/c1-16(25)18-5-3-6-20(15-18)30(27,28)23-13-12-22(26)24-14-4-7-21(24)17-8-10-19(29-2)11-9-17/h3,5-6,8-11,15,21,23H,4,7,12-14H2,1-2H3. The maximum absolute atomic E-state index is 12.7. The summed E-state index contributed by atoms with van der Waals surface area (Å²) >= 11 is 0. The summed E-state index contributed by atoms with van der Waals surface area (Å²) in [6.07, 6.45) is 1.85. The molecule has 0 aliphatic carbocycles. The summed E-state index contributed by atoms with van der Waals surface area (Å²) in [5, 5.41) is 0. The van der Waals surface area contributed by atoms with Crippen molar-refractivity contribution in [2.45, 2.75) is 37.1 Å². The Morgan fingerprint density at radius 1 is 1.17 bits per heavy atom. The van der Waals surface area contributed by atoms with Crippen LogP contribution in [-0.2, 0) is 14.8 Å². The van der Waals surface area contributed by atoms with Crippen molar-refractivity contribution in [2.75, 3.05) is 20.2 Å². The van der Waals surface area contributed by atoms with Crippen LogP contribution in [0.15, 0.2) is 53.4 Å². The van der Waals surface area contributed by atoms with Crippen LogP contribution in [-0.4, -0.2) is 45.2 Å². The van der Waals surface area contributed by atoms with Crippen LogP contribution >= 0.6 is 0 Å². The van der Waals surface area contributed by atoms with Crippen molar-refractivity contribution in [3.05, 3.63) is 59.7 Å². The molecule has 0 radical (unpaired) electrons. The predicted molar refractivity (Wildman–Crippen MR) is 113 cm³/mol. The number of benzene rings is 2. The minimum atomic E-state index is -3.80. The number of carbonyl (C=O) groups is 2. The molecule has 1 amide bonds. The lowest BCUT2D eigenvalue weighted by molar-refractivity contribution is -0.131. The average molecular weight is 431 g/mol. The predicted octanol–water partition coefficient (Wildman–Crippen LogP) is 2.93. The molecule has 1 unspecified atom stereocenters. The van der Waals surface area contributed by atoms with E-state index >= 15 is 0 Å². The van der Waals surface area contributed by atoms with Gasteiger partial charge in [0.2, 0.25) is 15.9 Å². The van der Waals surface area contributed by atoms with Gasteiger partial charge in [-0.15, -0.1) is 0 Å². The first kappa shape index (κ1) is 22.0. The lowest BCUT2D eigenvalue weighted by atomic mass is 10.0. The topological polar surface area (TPSA) is 92.8 Å². The molecule has 160 valence electrons. The fourth-order valence-corrected chi connectivity index (χ4v) is 4.72. The highest BCUT2D eigenvalue weighted by Crippen LogP contribution is 2.33. The molecule has 8 heteroatoms. The number of sulfonamides is 1. The Balaban J connectivity index is 1.60. The maximum Gasteiger partial charge on any atom is 0.240 e. The van der Waals surface area contributed by atoms with Crippen LogP contribution in [0.3, 0.4) is 0 Å². The molecule has 2 aromatic rings. The van der Waals surface area contributed by atoms with Crippen molar-refractivity contribution in [3.8, 4) is 5.75 Å². The Morgan fingerprint density at radius 2 is 1.90 bits per heavy atom. The Morgan fingerprint density at radius 3 is 2.57 bits per heavy atom. The Kier molecular flexibility index (Phi) is 6.89. The lowest BCUT2D eigenvalue weighted by Gasteiger charge is -2.25. The Labute approximate surface area is 177 Å². The number of hydrogen-bond donors (Lipinski definition) is 1. The molecule has 3 rings (SSSR count). The molecule has 0 bridgehead atoms. The van der Waals surface area contributed by atoms with E-state index in [9.17, 15) is 18.0 Å². The summed E-state index contributed by atoms with van der Waals surface area (Å²) in [5.41, 5.74) is 1.37. The minimum Gasteiger partial charge on any atom is -0.497 e. The molecule has 1 aliphatic heterocycles. The van der Waals surface area contributed by atoms with E-state index in [0.717, 1.165) is 24.2 Å². The lowest BCUT2D eigenvalue weighted by Crippen LogP contribution is -2.34. The van der Waals surface area contributed by atoms with Crippen molar-refractivity contribution < 1.29 is 22.7 Å². The van der Waals surface area contributed by atoms with E-state index < -0.39 is 10.0 Å². The second kappa shape index (κ2) is 9.40. The molecule has 2 aromatic carbocycles. The number of ketones is 1. The van der Waals surface area contributed by atoms with Crippen LogP contribution in [0.1, 0.15) is 48.1 Å². The smallest absolute Gasteiger partial charge is 0.240 e. The highest BCUT2D eigenvalue weighted by Gasteiger charge is 2.29. The first-order valence-corrected chi connectivity index (χ1v) is 11.3. The van der Waals surface area contributed by atoms with E-state index in [1.54, 1.807) is 13.2 Å². The van der Waals surface area contributed by atoms with Crippen molar-refractivity contribution in [2.24, 2.45) is 0 Å². The van der Waals surface area contributed by atoms with E-state index in [4.69, 9.17) is 4.74 Å². The number of rotatable bonds is 8. The third kappa shape index (κ3) is 5.06. The second-order valence-corrected chi connectivity index (χ2v) is 9.02. The maximum atomic E-state index is 12.7. The van der Waals surface area contributed by atoms with Crippen LogP contribution in [0.25, 0.3) is 0 Å². The molecule has 1 saturated heterocycles. The minimum absolute atomic E-state index is 0.00268. The number of nitrogens with one attached hydrogen (secondary N) is 1. The molecule has 1 heterocycles. The summed E-state index contributed by atoms with van der Waals surface area (Å²) < 4.78 is 32.6. The average Bonchev–Trinajstić information content (AvgIpc) is 3.23. The van der Waals surface area contributed by atoms with Gasteiger partial charge in [0.1, 0.15) is 5.75 Å². The van der Waals surface area contributed by atoms with Gasteiger partial charge in [-0.2, -0.15) is 0 Å². The monoisotopic (exact) mass is 430 g/mol. The van der Waals surface area contributed by atoms with Gasteiger partial charge in [0, 0.05) is 25.1 Å². The summed E-state index contributed by atoms with van der Waals surface area (Å²) in [6.45, 7) is 2.04. The summed E-state index contributed by atoms with van der Waals surface area (Å²) in [4.78, 5) is 26.1. The number of ether oxygens (including phenoxy) is 1. The number of carbonyl (C=O) groups excluding carboxylic acids is 2. The normalized spacial score (nSPS) is 16.5. The Hall–Kier alpha value is -2.71. The molecular formula is C22H26N2O5S. The summed E-state index contributed by atoms with van der Waals surface area (Å²) in [6, 6.07) is 13.5. The van der Waals surface area contributed by atoms with Gasteiger partial charge in [-0.05, 0) is 49.6 Å². The van der Waals surface area contributed by atoms with Gasteiger partial charge in [0.25, 0.3) is 0 Å². The molecule has 1 aliphatic rings. The van der Waals surface area contributed by atoms with E-state index in [-0.39, 0.29) is 35.6 Å². The first-order chi connectivity index (χ1) is 14.3. The van der Waals surface area contributed by atoms with E-state index in [2.05, 4.69) is 4.72 Å². The number of methoxy groups -OCH3 is 1. The van der Waals surface area contributed by atoms with Crippen molar-refractivity contribution >= 4 is 21.7 Å². The van der Waals surface area contributed by atoms with Gasteiger partial charge in [-0.3, -0.25) is 9.59 Å². The third-order valence-corrected chi connectivity index (χ3v) is 6.71. The van der Waals surface area contributed by atoms with E-state index in [1.165, 1.54) is 25.1 Å². The van der Waals surface area contributed by atoms with E-state index in [0.29, 0.717) is 12.1 Å². The van der Waals surface area contributed by atoms with Crippen LogP contribution in [0.2, 0.25) is 0 Å². The third-order valence-electron chi connectivity index (χ3n) is 5.26. The fraction of sp³-hybridized carbons (Fsp3) is 0.364. The second-order valence-electron chi connectivity index (χ2n) is 7.25. The van der Waals surface area contributed by atoms with Gasteiger partial charge in [0.15, 0.2) is 5.78 Å². The zero-order valence-electron chi connectivity index (χ0n) is 17.1. The molecule has 1 fully saturated rings. The number of amides is 1. The number of nitrogens with zero attached hydrogens (tertiary/aromatic N) is 1. The molecule has 0 spiro atoms. The van der Waals surface area contributed by atoms with Gasteiger partial charge < -0.3 is 9.64 Å². The van der Waals surface area contributed by atoms with Crippen molar-refractivity contribution in [1.29, 1.82) is 0 Å². The highest BCUT2D eigenvalue weighted by molar-refractivity contribution is 7.89. The zero-order valence-corrected chi connectivity index (χ0v) is 17.9. The van der Waals surface area contributed by atoms with Crippen molar-refractivity contribution in [1.82, 2.24) is 9.62 Å². The molecule has 0 saturated carbocycles. The largest absolute Gasteiger partial charge is 0.497 e. The van der Waals surface area contributed by atoms with Crippen LogP contribution < -0.4 is 9.46 Å². The van der Waals surface area contributed by atoms with Crippen molar-refractivity contribution in [3.63, 3.8) is 0 Å². The molecule has 1 N–H and O–H groups in total. The molecular weight excluding hydrogens is 404 g/mol. The SMILES string of the molecule is COc1ccc(C2CCCN2C(=O)CCNS(=O)(=O)c2cccc(C(C)=O)c2)cc1. The van der Waals surface area contributed by atoms with Crippen LogP contribution in [0.5, 0.6) is 5.75 Å². The Bertz CT molecular complexity index is 1020. The highest BCUT2D eigenvalue weighted by atomic mass is 32.2. The fourth-order valence-electron chi connectivity index (χ4n) is 3.64. The first-order valence-electron chi connectivity index (χ1n) is 9.86. The van der Waals surface area contributed by atoms with Gasteiger partial charge in [0.05, 0.1) is 18.0 Å². The zero-order chi connectivity index (χ0) is 21.7. The number of likely N-dealkylation sites (tertiary alicyclic amines) is 1. The van der Waals surface area contributed by atoms with E-state index in [1.807, 2.05) is 29.2 Å². The van der Waals surface area contributed by atoms with Gasteiger partial charge in [-0.25, -0.2) is 13.1 Å². The van der Waals surface area contributed by atoms with Gasteiger partial charge >= 0.3 is 0 Å². The van der Waals surface area contributed by atoms with Gasteiger partial charge in [-0.1, -0.05) is 24.3 Å². The molecule has 1 atom stereocenters.